The summed E-state index contributed by atoms with van der Waals surface area (Å²) < 4.78 is 44.7. The number of nitrogens with zero attached hydrogens (tertiary/aromatic N) is 2. The van der Waals surface area contributed by atoms with Crippen LogP contribution in [0.1, 0.15) is 22.8 Å². The lowest BCUT2D eigenvalue weighted by Gasteiger charge is -2.11. The van der Waals surface area contributed by atoms with E-state index in [1.807, 2.05) is 37.3 Å². The first-order chi connectivity index (χ1) is 15.3. The highest BCUT2D eigenvalue weighted by Gasteiger charge is 2.31. The quantitative estimate of drug-likeness (QED) is 0.409. The maximum absolute atomic E-state index is 13.1. The van der Waals surface area contributed by atoms with Gasteiger partial charge in [0.2, 0.25) is 0 Å². The normalized spacial score (nSPS) is 11.5. The monoisotopic (exact) mass is 438 g/mol. The minimum absolute atomic E-state index is 0.0829. The van der Waals surface area contributed by atoms with Gasteiger partial charge in [-0.05, 0) is 55.0 Å². The zero-order chi connectivity index (χ0) is 22.9. The molecule has 5 nitrogen and oxygen atoms in total. The Morgan fingerprint density at radius 3 is 2.47 bits per heavy atom. The molecule has 1 N–H and O–H groups in total. The van der Waals surface area contributed by atoms with Crippen LogP contribution in [0.5, 0.6) is 5.75 Å². The van der Waals surface area contributed by atoms with Gasteiger partial charge < -0.3 is 9.84 Å². The number of carboxylic acids is 1. The third-order valence-corrected chi connectivity index (χ3v) is 4.87. The van der Waals surface area contributed by atoms with Gasteiger partial charge in [0.25, 0.3) is 0 Å². The van der Waals surface area contributed by atoms with Gasteiger partial charge in [-0.2, -0.15) is 13.2 Å². The summed E-state index contributed by atoms with van der Waals surface area (Å²) in [4.78, 5) is 20.5. The Morgan fingerprint density at radius 1 is 1.00 bits per heavy atom. The summed E-state index contributed by atoms with van der Waals surface area (Å²) in [7, 11) is 0. The fraction of sp³-hybridized carbons (Fsp3) is 0.125. The summed E-state index contributed by atoms with van der Waals surface area (Å²) in [5, 5.41) is 9.49. The molecule has 0 spiro atoms. The van der Waals surface area contributed by atoms with Crippen LogP contribution in [0, 0.1) is 0 Å². The topological polar surface area (TPSA) is 72.3 Å². The third-order valence-electron chi connectivity index (χ3n) is 4.87. The van der Waals surface area contributed by atoms with Gasteiger partial charge in [0.15, 0.2) is 0 Å². The van der Waals surface area contributed by atoms with E-state index < -0.39 is 17.7 Å². The van der Waals surface area contributed by atoms with Gasteiger partial charge in [0.05, 0.1) is 34.6 Å². The van der Waals surface area contributed by atoms with Gasteiger partial charge in [-0.15, -0.1) is 0 Å². The summed E-state index contributed by atoms with van der Waals surface area (Å²) in [5.74, 6) is -0.614. The SMILES string of the molecule is CCOc1cccc(-c2ccc(-c3cc(C(=O)O)c4cc(C(F)(F)F)ccc4n3)nc2)c1. The third kappa shape index (κ3) is 4.25. The van der Waals surface area contributed by atoms with Crippen molar-refractivity contribution in [1.82, 2.24) is 9.97 Å². The molecule has 0 saturated carbocycles. The number of aromatic carboxylic acids is 1. The number of halogens is 3. The molecule has 8 heteroatoms. The molecular weight excluding hydrogens is 421 g/mol. The molecule has 2 aromatic heterocycles. The Kier molecular flexibility index (Phi) is 5.52. The van der Waals surface area contributed by atoms with Crippen LogP contribution in [0.15, 0.2) is 66.9 Å². The molecule has 0 aliphatic heterocycles. The minimum atomic E-state index is -4.58. The van der Waals surface area contributed by atoms with Crippen molar-refractivity contribution in [2.45, 2.75) is 13.1 Å². The van der Waals surface area contributed by atoms with Crippen molar-refractivity contribution >= 4 is 16.9 Å². The molecular formula is C24H17F3N2O3. The molecule has 0 saturated heterocycles. The number of pyridine rings is 2. The average Bonchev–Trinajstić information content (AvgIpc) is 2.78. The van der Waals surface area contributed by atoms with Crippen molar-refractivity contribution < 1.29 is 27.8 Å². The maximum atomic E-state index is 13.1. The summed E-state index contributed by atoms with van der Waals surface area (Å²) in [6, 6.07) is 15.1. The Morgan fingerprint density at radius 2 is 1.81 bits per heavy atom. The maximum Gasteiger partial charge on any atom is 0.416 e. The van der Waals surface area contributed by atoms with Crippen molar-refractivity contribution in [1.29, 1.82) is 0 Å². The molecule has 0 atom stereocenters. The second kappa shape index (κ2) is 8.30. The molecule has 0 radical (unpaired) electrons. The van der Waals surface area contributed by atoms with Gasteiger partial charge in [-0.1, -0.05) is 18.2 Å². The predicted molar refractivity (Wildman–Crippen MR) is 114 cm³/mol. The smallest absolute Gasteiger partial charge is 0.416 e. The molecule has 0 bridgehead atoms. The van der Waals surface area contributed by atoms with Gasteiger partial charge in [-0.3, -0.25) is 4.98 Å². The lowest BCUT2D eigenvalue weighted by molar-refractivity contribution is -0.137. The molecule has 0 unspecified atom stereocenters. The number of carbonyl (C=O) groups is 1. The van der Waals surface area contributed by atoms with Gasteiger partial charge in [0.1, 0.15) is 5.75 Å². The van der Waals surface area contributed by atoms with E-state index in [9.17, 15) is 23.1 Å². The molecule has 0 aliphatic rings. The number of benzene rings is 2. The van der Waals surface area contributed by atoms with Crippen LogP contribution < -0.4 is 4.74 Å². The van der Waals surface area contributed by atoms with E-state index in [0.29, 0.717) is 12.3 Å². The highest BCUT2D eigenvalue weighted by molar-refractivity contribution is 6.03. The summed E-state index contributed by atoms with van der Waals surface area (Å²) in [6.07, 6.45) is -2.96. The van der Waals surface area contributed by atoms with E-state index in [1.54, 1.807) is 12.3 Å². The van der Waals surface area contributed by atoms with Crippen molar-refractivity contribution in [2.24, 2.45) is 0 Å². The highest BCUT2D eigenvalue weighted by Crippen LogP contribution is 2.33. The fourth-order valence-electron chi connectivity index (χ4n) is 3.36. The van der Waals surface area contributed by atoms with Crippen LogP contribution in [-0.2, 0) is 6.18 Å². The van der Waals surface area contributed by atoms with Crippen molar-refractivity contribution in [2.75, 3.05) is 6.61 Å². The van der Waals surface area contributed by atoms with E-state index in [0.717, 1.165) is 29.0 Å². The Balaban J connectivity index is 1.75. The summed E-state index contributed by atoms with van der Waals surface area (Å²) in [5.41, 5.74) is 1.31. The number of aromatic nitrogens is 2. The van der Waals surface area contributed by atoms with Crippen LogP contribution in [0.25, 0.3) is 33.4 Å². The Bertz CT molecular complexity index is 1300. The van der Waals surface area contributed by atoms with E-state index >= 15 is 0 Å². The Labute approximate surface area is 181 Å². The first-order valence-electron chi connectivity index (χ1n) is 9.71. The minimum Gasteiger partial charge on any atom is -0.494 e. The second-order valence-corrected chi connectivity index (χ2v) is 6.98. The molecule has 0 aliphatic carbocycles. The molecule has 162 valence electrons. The van der Waals surface area contributed by atoms with E-state index in [4.69, 9.17) is 4.74 Å². The lowest BCUT2D eigenvalue weighted by Crippen LogP contribution is -2.06. The number of carboxylic acid groups (broad SMARTS) is 1. The number of ether oxygens (including phenoxy) is 1. The summed E-state index contributed by atoms with van der Waals surface area (Å²) >= 11 is 0. The Hall–Kier alpha value is -3.94. The molecule has 4 aromatic rings. The predicted octanol–water partition coefficient (Wildman–Crippen LogP) is 6.08. The van der Waals surface area contributed by atoms with E-state index in [-0.39, 0.29) is 22.2 Å². The fourth-order valence-corrected chi connectivity index (χ4v) is 3.36. The van der Waals surface area contributed by atoms with E-state index in [1.165, 1.54) is 12.1 Å². The van der Waals surface area contributed by atoms with Crippen LogP contribution in [0.3, 0.4) is 0 Å². The van der Waals surface area contributed by atoms with E-state index in [2.05, 4.69) is 9.97 Å². The van der Waals surface area contributed by atoms with Crippen LogP contribution in [0.2, 0.25) is 0 Å². The highest BCUT2D eigenvalue weighted by atomic mass is 19.4. The van der Waals surface area contributed by atoms with Crippen LogP contribution in [-0.4, -0.2) is 27.7 Å². The largest absolute Gasteiger partial charge is 0.494 e. The average molecular weight is 438 g/mol. The van der Waals surface area contributed by atoms with Gasteiger partial charge >= 0.3 is 12.1 Å². The number of alkyl halides is 3. The molecule has 2 aromatic carbocycles. The lowest BCUT2D eigenvalue weighted by atomic mass is 10.0. The van der Waals surface area contributed by atoms with Crippen LogP contribution >= 0.6 is 0 Å². The number of hydrogen-bond acceptors (Lipinski definition) is 4. The first kappa shape index (κ1) is 21.3. The van der Waals surface area contributed by atoms with Crippen molar-refractivity contribution in [3.05, 3.63) is 78.0 Å². The molecule has 32 heavy (non-hydrogen) atoms. The number of hydrogen-bond donors (Lipinski definition) is 1. The van der Waals surface area contributed by atoms with Crippen molar-refractivity contribution in [3.63, 3.8) is 0 Å². The summed E-state index contributed by atoms with van der Waals surface area (Å²) in [6.45, 7) is 2.44. The van der Waals surface area contributed by atoms with Crippen molar-refractivity contribution in [3.8, 4) is 28.3 Å². The second-order valence-electron chi connectivity index (χ2n) is 6.98. The van der Waals surface area contributed by atoms with Gasteiger partial charge in [-0.25, -0.2) is 9.78 Å². The first-order valence-corrected chi connectivity index (χ1v) is 9.71. The zero-order valence-corrected chi connectivity index (χ0v) is 16.8. The number of fused-ring (bicyclic) bond motifs is 1. The number of rotatable bonds is 5. The zero-order valence-electron chi connectivity index (χ0n) is 16.8. The van der Waals surface area contributed by atoms with Crippen LogP contribution in [0.4, 0.5) is 13.2 Å². The van der Waals surface area contributed by atoms with Gasteiger partial charge in [0, 0.05) is 17.1 Å². The molecule has 0 amide bonds. The molecule has 0 fully saturated rings. The molecule has 2 heterocycles. The standard InChI is InChI=1S/C24H17F3N2O3/c1-2-32-17-5-3-4-14(10-17)15-6-8-21(28-13-15)22-12-19(23(30)31)18-11-16(24(25,26)27)7-9-20(18)29-22/h3-13H,2H2,1H3,(H,30,31). The molecule has 4 rings (SSSR count).